The van der Waals surface area contributed by atoms with Crippen LogP contribution >= 0.6 is 0 Å². The molecule has 1 aliphatic rings. The molecule has 0 aliphatic carbocycles. The van der Waals surface area contributed by atoms with Gasteiger partial charge in [-0.2, -0.15) is 8.42 Å². The number of unbranched alkanes of at least 4 members (excludes halogenated alkanes) is 26. The first-order valence-corrected chi connectivity index (χ1v) is 24.2. The lowest BCUT2D eigenvalue weighted by atomic mass is 10.00. The van der Waals surface area contributed by atoms with Gasteiger partial charge in [0, 0.05) is 12.8 Å². The minimum atomic E-state index is -4.59. The SMILES string of the molecule is CCCCCCCCCCCCCCCCC(=O)OCC(COC1OC(CS(=O)(=O)O)C(O)C(O)C1O)OC(=O)CCCCCCCCCCCCCCCC. The highest BCUT2D eigenvalue weighted by molar-refractivity contribution is 7.85. The van der Waals surface area contributed by atoms with Crippen LogP contribution in [0.25, 0.3) is 0 Å². The zero-order valence-electron chi connectivity index (χ0n) is 35.3. The highest BCUT2D eigenvalue weighted by Crippen LogP contribution is 2.24. The van der Waals surface area contributed by atoms with E-state index >= 15 is 0 Å². The van der Waals surface area contributed by atoms with Crippen molar-refractivity contribution in [2.75, 3.05) is 19.0 Å². The summed E-state index contributed by atoms with van der Waals surface area (Å²) in [6, 6.07) is 0. The zero-order chi connectivity index (χ0) is 41.3. The van der Waals surface area contributed by atoms with Gasteiger partial charge in [0.25, 0.3) is 10.1 Å². The van der Waals surface area contributed by atoms with E-state index in [1.165, 1.54) is 128 Å². The van der Waals surface area contributed by atoms with Gasteiger partial charge in [-0.1, -0.05) is 181 Å². The fraction of sp³-hybridized carbons (Fsp3) is 0.953. The number of aliphatic hydroxyl groups is 3. The molecule has 332 valence electrons. The van der Waals surface area contributed by atoms with Gasteiger partial charge in [0.05, 0.1) is 6.61 Å². The molecule has 0 saturated carbocycles. The van der Waals surface area contributed by atoms with Gasteiger partial charge in [0.15, 0.2) is 12.4 Å². The molecular weight excluding hydrogens is 741 g/mol. The molecule has 1 saturated heterocycles. The van der Waals surface area contributed by atoms with Crippen molar-refractivity contribution in [1.29, 1.82) is 0 Å². The van der Waals surface area contributed by atoms with Crippen LogP contribution in [0.1, 0.15) is 206 Å². The van der Waals surface area contributed by atoms with Crippen LogP contribution in [0, 0.1) is 0 Å². The summed E-state index contributed by atoms with van der Waals surface area (Å²) in [5.41, 5.74) is 0. The lowest BCUT2D eigenvalue weighted by molar-refractivity contribution is -0.297. The van der Waals surface area contributed by atoms with Gasteiger partial charge < -0.3 is 34.3 Å². The molecule has 6 unspecified atom stereocenters. The van der Waals surface area contributed by atoms with Crippen LogP contribution in [0.3, 0.4) is 0 Å². The summed E-state index contributed by atoms with van der Waals surface area (Å²) < 4.78 is 54.0. The molecule has 1 aliphatic heterocycles. The van der Waals surface area contributed by atoms with Crippen molar-refractivity contribution in [3.63, 3.8) is 0 Å². The summed E-state index contributed by atoms with van der Waals surface area (Å²) in [6.07, 6.45) is 24.3. The summed E-state index contributed by atoms with van der Waals surface area (Å²) in [4.78, 5) is 25.4. The fourth-order valence-electron chi connectivity index (χ4n) is 7.15. The van der Waals surface area contributed by atoms with E-state index in [1.54, 1.807) is 0 Å². The van der Waals surface area contributed by atoms with Gasteiger partial charge in [0.2, 0.25) is 0 Å². The summed E-state index contributed by atoms with van der Waals surface area (Å²) in [7, 11) is -4.59. The summed E-state index contributed by atoms with van der Waals surface area (Å²) in [6.45, 7) is 3.77. The number of carbonyl (C=O) groups excluding carboxylic acids is 2. The lowest BCUT2D eigenvalue weighted by Gasteiger charge is -2.40. The van der Waals surface area contributed by atoms with Gasteiger partial charge in [-0.3, -0.25) is 14.1 Å². The topological polar surface area (TPSA) is 186 Å². The molecule has 6 atom stereocenters. The normalized spacial score (nSPS) is 20.6. The first kappa shape index (κ1) is 52.7. The highest BCUT2D eigenvalue weighted by atomic mass is 32.2. The van der Waals surface area contributed by atoms with Gasteiger partial charge in [-0.25, -0.2) is 0 Å². The van der Waals surface area contributed by atoms with E-state index < -0.39 is 71.2 Å². The predicted octanol–water partition coefficient (Wildman–Crippen LogP) is 8.90. The molecule has 1 fully saturated rings. The van der Waals surface area contributed by atoms with Crippen molar-refractivity contribution < 1.29 is 56.8 Å². The number of rotatable bonds is 38. The fourth-order valence-corrected chi connectivity index (χ4v) is 7.84. The molecule has 0 amide bonds. The van der Waals surface area contributed by atoms with Gasteiger partial charge >= 0.3 is 11.9 Å². The third kappa shape index (κ3) is 29.0. The molecule has 1 heterocycles. The minimum absolute atomic E-state index is 0.172. The van der Waals surface area contributed by atoms with Crippen molar-refractivity contribution in [3.05, 3.63) is 0 Å². The van der Waals surface area contributed by atoms with Crippen LogP contribution < -0.4 is 0 Å². The molecule has 0 radical (unpaired) electrons. The number of hydrogen-bond donors (Lipinski definition) is 4. The zero-order valence-corrected chi connectivity index (χ0v) is 36.1. The maximum atomic E-state index is 12.8. The van der Waals surface area contributed by atoms with Crippen molar-refractivity contribution in [2.24, 2.45) is 0 Å². The van der Waals surface area contributed by atoms with Crippen molar-refractivity contribution in [3.8, 4) is 0 Å². The largest absolute Gasteiger partial charge is 0.462 e. The standard InChI is InChI=1S/C43H82O12S/c1-3-5-7-9-11-13-15-17-19-21-23-25-27-29-31-38(44)52-33-36(34-53-43-42(48)41(47)40(46)37(55-43)35-56(49,50)51)54-39(45)32-30-28-26-24-22-20-18-16-14-12-10-8-6-4-2/h36-37,40-43,46-48H,3-35H2,1-2H3,(H,49,50,51). The third-order valence-corrected chi connectivity index (χ3v) is 11.4. The Morgan fingerprint density at radius 3 is 1.30 bits per heavy atom. The molecular formula is C43H82O12S. The second-order valence-corrected chi connectivity index (χ2v) is 17.6. The molecule has 12 nitrogen and oxygen atoms in total. The Morgan fingerprint density at radius 2 is 0.911 bits per heavy atom. The Hall–Kier alpha value is -1.35. The molecule has 0 aromatic heterocycles. The Balaban J connectivity index is 2.44. The second-order valence-electron chi connectivity index (χ2n) is 16.1. The van der Waals surface area contributed by atoms with E-state index in [0.717, 1.165) is 38.5 Å². The van der Waals surface area contributed by atoms with E-state index in [2.05, 4.69) is 13.8 Å². The average molecular weight is 823 g/mol. The second kappa shape index (κ2) is 34.5. The summed E-state index contributed by atoms with van der Waals surface area (Å²) in [5, 5.41) is 30.8. The van der Waals surface area contributed by atoms with E-state index in [9.17, 15) is 37.9 Å². The quantitative estimate of drug-likeness (QED) is 0.0264. The number of ether oxygens (including phenoxy) is 4. The molecule has 13 heteroatoms. The van der Waals surface area contributed by atoms with Crippen LogP contribution in [0.15, 0.2) is 0 Å². The number of carbonyl (C=O) groups is 2. The van der Waals surface area contributed by atoms with E-state index in [0.29, 0.717) is 12.8 Å². The average Bonchev–Trinajstić information content (AvgIpc) is 3.16. The Kier molecular flexibility index (Phi) is 32.5. The number of aliphatic hydroxyl groups excluding tert-OH is 3. The third-order valence-electron chi connectivity index (χ3n) is 10.7. The van der Waals surface area contributed by atoms with E-state index in [4.69, 9.17) is 18.9 Å². The van der Waals surface area contributed by atoms with Crippen LogP contribution in [0.4, 0.5) is 0 Å². The highest BCUT2D eigenvalue weighted by Gasteiger charge is 2.46. The monoisotopic (exact) mass is 823 g/mol. The van der Waals surface area contributed by atoms with E-state index in [-0.39, 0.29) is 19.4 Å². The van der Waals surface area contributed by atoms with E-state index in [1.807, 2.05) is 0 Å². The van der Waals surface area contributed by atoms with Crippen LogP contribution in [-0.4, -0.2) is 96.0 Å². The maximum Gasteiger partial charge on any atom is 0.306 e. The van der Waals surface area contributed by atoms with Crippen molar-refractivity contribution in [1.82, 2.24) is 0 Å². The van der Waals surface area contributed by atoms with Gasteiger partial charge in [-0.05, 0) is 12.8 Å². The molecule has 4 N–H and O–H groups in total. The molecule has 1 rings (SSSR count). The lowest BCUT2D eigenvalue weighted by Crippen LogP contribution is -2.60. The number of hydrogen-bond acceptors (Lipinski definition) is 11. The van der Waals surface area contributed by atoms with Crippen molar-refractivity contribution >= 4 is 22.1 Å². The van der Waals surface area contributed by atoms with Gasteiger partial charge in [-0.15, -0.1) is 0 Å². The molecule has 56 heavy (non-hydrogen) atoms. The first-order valence-electron chi connectivity index (χ1n) is 22.6. The molecule has 0 aromatic carbocycles. The predicted molar refractivity (Wildman–Crippen MR) is 220 cm³/mol. The summed E-state index contributed by atoms with van der Waals surface area (Å²) in [5.74, 6) is -1.96. The Labute approximate surface area is 340 Å². The van der Waals surface area contributed by atoms with Crippen LogP contribution in [0.5, 0.6) is 0 Å². The minimum Gasteiger partial charge on any atom is -0.462 e. The van der Waals surface area contributed by atoms with Gasteiger partial charge in [0.1, 0.15) is 36.8 Å². The first-order chi connectivity index (χ1) is 27.0. The molecule has 0 aromatic rings. The Morgan fingerprint density at radius 1 is 0.536 bits per heavy atom. The molecule has 0 spiro atoms. The van der Waals surface area contributed by atoms with Crippen molar-refractivity contribution in [2.45, 2.75) is 243 Å². The smallest absolute Gasteiger partial charge is 0.306 e. The number of esters is 2. The molecule has 0 bridgehead atoms. The Bertz CT molecular complexity index is 1060. The summed E-state index contributed by atoms with van der Waals surface area (Å²) >= 11 is 0. The van der Waals surface area contributed by atoms with Crippen LogP contribution in [0.2, 0.25) is 0 Å². The van der Waals surface area contributed by atoms with Crippen LogP contribution in [-0.2, 0) is 38.7 Å². The maximum absolute atomic E-state index is 12.8.